The van der Waals surface area contributed by atoms with Crippen LogP contribution in [0.1, 0.15) is 0 Å². The van der Waals surface area contributed by atoms with Gasteiger partial charge in [0.25, 0.3) is 5.92 Å². The molecule has 0 bridgehead atoms. The van der Waals surface area contributed by atoms with E-state index >= 15 is 0 Å². The van der Waals surface area contributed by atoms with E-state index < -0.39 is 5.92 Å². The zero-order valence-corrected chi connectivity index (χ0v) is 8.63. The lowest BCUT2D eigenvalue weighted by molar-refractivity contribution is -0.0269. The number of hydrogen-bond acceptors (Lipinski definition) is 4. The zero-order chi connectivity index (χ0) is 11.1. The summed E-state index contributed by atoms with van der Waals surface area (Å²) < 4.78 is 30.2. The monoisotopic (exact) mass is 235 g/mol. The highest BCUT2D eigenvalue weighted by atomic mass is 35.5. The van der Waals surface area contributed by atoms with Gasteiger partial charge in [-0.15, -0.1) is 10.2 Å². The molecule has 0 atom stereocenters. The third-order valence-electron chi connectivity index (χ3n) is 2.07. The molecule has 0 spiro atoms. The van der Waals surface area contributed by atoms with Crippen molar-refractivity contribution < 1.29 is 13.5 Å². The van der Waals surface area contributed by atoms with Crippen molar-refractivity contribution in [3.63, 3.8) is 0 Å². The summed E-state index contributed by atoms with van der Waals surface area (Å²) in [6.07, 6.45) is 0. The van der Waals surface area contributed by atoms with Crippen LogP contribution in [0.2, 0.25) is 5.15 Å². The molecular formula is C8H8ClF2N3O. The van der Waals surface area contributed by atoms with Gasteiger partial charge in [0, 0.05) is 6.07 Å². The van der Waals surface area contributed by atoms with E-state index in [1.807, 2.05) is 0 Å². The average Bonchev–Trinajstić information content (AvgIpc) is 2.14. The first-order chi connectivity index (χ1) is 7.02. The lowest BCUT2D eigenvalue weighted by Gasteiger charge is -2.39. The number of nitrogens with zero attached hydrogens (tertiary/aromatic N) is 3. The minimum Gasteiger partial charge on any atom is -0.493 e. The van der Waals surface area contributed by atoms with Gasteiger partial charge in [0.2, 0.25) is 0 Å². The van der Waals surface area contributed by atoms with Crippen LogP contribution in [0.3, 0.4) is 0 Å². The SMILES string of the molecule is COc1cc(Cl)nnc1N1CC(F)(F)C1. The third kappa shape index (κ3) is 1.94. The highest BCUT2D eigenvalue weighted by Gasteiger charge is 2.45. The smallest absolute Gasteiger partial charge is 0.282 e. The van der Waals surface area contributed by atoms with Gasteiger partial charge in [-0.1, -0.05) is 11.6 Å². The largest absolute Gasteiger partial charge is 0.493 e. The summed E-state index contributed by atoms with van der Waals surface area (Å²) in [4.78, 5) is 1.39. The minimum atomic E-state index is -2.65. The fourth-order valence-corrected chi connectivity index (χ4v) is 1.51. The number of anilines is 1. The predicted molar refractivity (Wildman–Crippen MR) is 50.8 cm³/mol. The molecule has 0 N–H and O–H groups in total. The summed E-state index contributed by atoms with van der Waals surface area (Å²) in [5.41, 5.74) is 0. The summed E-state index contributed by atoms with van der Waals surface area (Å²) in [6.45, 7) is -0.723. The van der Waals surface area contributed by atoms with Crippen LogP contribution in [-0.4, -0.2) is 36.3 Å². The fourth-order valence-electron chi connectivity index (χ4n) is 1.38. The first-order valence-corrected chi connectivity index (χ1v) is 4.60. The van der Waals surface area contributed by atoms with E-state index in [9.17, 15) is 8.78 Å². The van der Waals surface area contributed by atoms with Gasteiger partial charge in [-0.2, -0.15) is 0 Å². The zero-order valence-electron chi connectivity index (χ0n) is 7.88. The third-order valence-corrected chi connectivity index (χ3v) is 2.26. The van der Waals surface area contributed by atoms with Crippen LogP contribution < -0.4 is 9.64 Å². The minimum absolute atomic E-state index is 0.169. The molecule has 82 valence electrons. The van der Waals surface area contributed by atoms with Gasteiger partial charge in [-0.3, -0.25) is 0 Å². The maximum absolute atomic E-state index is 12.6. The first-order valence-electron chi connectivity index (χ1n) is 4.22. The van der Waals surface area contributed by atoms with Crippen LogP contribution in [0.4, 0.5) is 14.6 Å². The van der Waals surface area contributed by atoms with Crippen molar-refractivity contribution in [2.75, 3.05) is 25.1 Å². The molecule has 0 saturated carbocycles. The molecule has 2 rings (SSSR count). The van der Waals surface area contributed by atoms with Gasteiger partial charge in [0.1, 0.15) is 0 Å². The Balaban J connectivity index is 2.22. The standard InChI is InChI=1S/C8H8ClF2N3O/c1-15-5-2-6(9)12-13-7(5)14-3-8(10,11)4-14/h2H,3-4H2,1H3. The summed E-state index contributed by atoms with van der Waals surface area (Å²) >= 11 is 5.60. The quantitative estimate of drug-likeness (QED) is 0.780. The van der Waals surface area contributed by atoms with Gasteiger partial charge in [0.15, 0.2) is 16.7 Å². The molecule has 15 heavy (non-hydrogen) atoms. The van der Waals surface area contributed by atoms with Crippen LogP contribution in [0.5, 0.6) is 5.75 Å². The molecule has 1 aromatic rings. The lowest BCUT2D eigenvalue weighted by atomic mass is 10.1. The molecule has 7 heteroatoms. The molecular weight excluding hydrogens is 228 g/mol. The fraction of sp³-hybridized carbons (Fsp3) is 0.500. The van der Waals surface area contributed by atoms with Crippen molar-refractivity contribution in [2.45, 2.75) is 5.92 Å². The highest BCUT2D eigenvalue weighted by Crippen LogP contribution is 2.35. The average molecular weight is 236 g/mol. The van der Waals surface area contributed by atoms with Crippen LogP contribution >= 0.6 is 11.6 Å². The van der Waals surface area contributed by atoms with E-state index in [1.165, 1.54) is 18.1 Å². The van der Waals surface area contributed by atoms with Crippen molar-refractivity contribution >= 4 is 17.4 Å². The second-order valence-corrected chi connectivity index (χ2v) is 3.66. The first kappa shape index (κ1) is 10.4. The normalized spacial score (nSPS) is 18.5. The molecule has 0 amide bonds. The molecule has 0 unspecified atom stereocenters. The van der Waals surface area contributed by atoms with Crippen molar-refractivity contribution in [1.82, 2.24) is 10.2 Å². The summed E-state index contributed by atoms with van der Waals surface area (Å²) in [5, 5.41) is 7.48. The molecule has 2 heterocycles. The Morgan fingerprint density at radius 3 is 2.67 bits per heavy atom. The Labute approximate surface area is 89.8 Å². The second kappa shape index (κ2) is 3.44. The molecule has 1 saturated heterocycles. The molecule has 0 aliphatic carbocycles. The molecule has 0 radical (unpaired) electrons. The molecule has 1 fully saturated rings. The maximum atomic E-state index is 12.6. The van der Waals surface area contributed by atoms with Crippen molar-refractivity contribution in [2.24, 2.45) is 0 Å². The van der Waals surface area contributed by atoms with Crippen LogP contribution in [0.25, 0.3) is 0 Å². The van der Waals surface area contributed by atoms with Gasteiger partial charge in [-0.05, 0) is 0 Å². The Morgan fingerprint density at radius 2 is 2.13 bits per heavy atom. The lowest BCUT2D eigenvalue weighted by Crippen LogP contribution is -2.56. The van der Waals surface area contributed by atoms with Crippen LogP contribution in [-0.2, 0) is 0 Å². The van der Waals surface area contributed by atoms with E-state index in [4.69, 9.17) is 16.3 Å². The van der Waals surface area contributed by atoms with E-state index in [1.54, 1.807) is 0 Å². The van der Waals surface area contributed by atoms with Crippen molar-refractivity contribution in [1.29, 1.82) is 0 Å². The Hall–Kier alpha value is -1.17. The summed E-state index contributed by atoms with van der Waals surface area (Å²) in [7, 11) is 1.43. The second-order valence-electron chi connectivity index (χ2n) is 3.27. The van der Waals surface area contributed by atoms with E-state index in [0.29, 0.717) is 11.6 Å². The molecule has 0 aromatic carbocycles. The van der Waals surface area contributed by atoms with Crippen LogP contribution in [0, 0.1) is 0 Å². The molecule has 1 aliphatic heterocycles. The summed E-state index contributed by atoms with van der Waals surface area (Å²) in [5.74, 6) is -2.00. The van der Waals surface area contributed by atoms with Crippen molar-refractivity contribution in [3.05, 3.63) is 11.2 Å². The number of aromatic nitrogens is 2. The predicted octanol–water partition coefficient (Wildman–Crippen LogP) is 1.59. The van der Waals surface area contributed by atoms with Gasteiger partial charge >= 0.3 is 0 Å². The maximum Gasteiger partial charge on any atom is 0.282 e. The number of rotatable bonds is 2. The molecule has 1 aromatic heterocycles. The highest BCUT2D eigenvalue weighted by molar-refractivity contribution is 6.29. The number of alkyl halides is 2. The number of ether oxygens (including phenoxy) is 1. The Morgan fingerprint density at radius 1 is 1.47 bits per heavy atom. The number of hydrogen-bond donors (Lipinski definition) is 0. The molecule has 4 nitrogen and oxygen atoms in total. The topological polar surface area (TPSA) is 38.3 Å². The van der Waals surface area contributed by atoms with Gasteiger partial charge < -0.3 is 9.64 Å². The number of halogens is 3. The van der Waals surface area contributed by atoms with E-state index in [0.717, 1.165) is 0 Å². The van der Waals surface area contributed by atoms with Gasteiger partial charge in [0.05, 0.1) is 20.2 Å². The Kier molecular flexibility index (Phi) is 2.38. The van der Waals surface area contributed by atoms with Crippen LogP contribution in [0.15, 0.2) is 6.07 Å². The van der Waals surface area contributed by atoms with Gasteiger partial charge in [-0.25, -0.2) is 8.78 Å². The molecule has 1 aliphatic rings. The van der Waals surface area contributed by atoms with E-state index in [2.05, 4.69) is 10.2 Å². The summed E-state index contributed by atoms with van der Waals surface area (Å²) in [6, 6.07) is 1.44. The Bertz CT molecular complexity index is 380. The number of methoxy groups -OCH3 is 1. The van der Waals surface area contributed by atoms with E-state index in [-0.39, 0.29) is 18.2 Å². The van der Waals surface area contributed by atoms with Crippen molar-refractivity contribution in [3.8, 4) is 5.75 Å².